The van der Waals surface area contributed by atoms with E-state index in [0.29, 0.717) is 6.54 Å². The van der Waals surface area contributed by atoms with E-state index >= 15 is 0 Å². The van der Waals surface area contributed by atoms with Gasteiger partial charge in [0.05, 0.1) is 10.7 Å². The lowest BCUT2D eigenvalue weighted by Gasteiger charge is -2.26. The number of nitrogens with one attached hydrogen (secondary N) is 1. The number of aryl methyl sites for hydroxylation is 1. The third-order valence-electron chi connectivity index (χ3n) is 3.07. The third-order valence-corrected chi connectivity index (χ3v) is 3.89. The van der Waals surface area contributed by atoms with Crippen molar-refractivity contribution in [2.45, 2.75) is 25.9 Å². The second kappa shape index (κ2) is 5.50. The van der Waals surface area contributed by atoms with Gasteiger partial charge >= 0.3 is 5.97 Å². The number of carboxylic acids is 1. The molecule has 0 saturated carbocycles. The van der Waals surface area contributed by atoms with Gasteiger partial charge in [-0.3, -0.25) is 5.32 Å². The van der Waals surface area contributed by atoms with Crippen LogP contribution in [0.1, 0.15) is 23.2 Å². The molecule has 100 valence electrons. The average molecular weight is 276 g/mol. The normalized spacial score (nSPS) is 14.0. The number of rotatable bonds is 5. The molecular formula is C14H16N2O2S. The van der Waals surface area contributed by atoms with Gasteiger partial charge in [0.2, 0.25) is 0 Å². The van der Waals surface area contributed by atoms with Gasteiger partial charge in [-0.25, -0.2) is 9.78 Å². The molecule has 1 aromatic carbocycles. The van der Waals surface area contributed by atoms with Gasteiger partial charge in [0.15, 0.2) is 0 Å². The lowest BCUT2D eigenvalue weighted by molar-refractivity contribution is -0.144. The van der Waals surface area contributed by atoms with Crippen LogP contribution in [0, 0.1) is 6.92 Å². The Labute approximate surface area is 116 Å². The summed E-state index contributed by atoms with van der Waals surface area (Å²) >= 11 is 1.56. The first-order valence-corrected chi connectivity index (χ1v) is 6.85. The number of hydrogen-bond donors (Lipinski definition) is 2. The highest BCUT2D eigenvalue weighted by Crippen LogP contribution is 2.21. The van der Waals surface area contributed by atoms with E-state index in [1.165, 1.54) is 0 Å². The number of carboxylic acid groups (broad SMARTS) is 1. The summed E-state index contributed by atoms with van der Waals surface area (Å²) in [5.41, 5.74) is 0.485. The highest BCUT2D eigenvalue weighted by molar-refractivity contribution is 7.09. The Morgan fingerprint density at radius 2 is 2.11 bits per heavy atom. The molecule has 4 nitrogen and oxygen atoms in total. The molecule has 2 rings (SSSR count). The summed E-state index contributed by atoms with van der Waals surface area (Å²) in [7, 11) is 0. The van der Waals surface area contributed by atoms with Crippen molar-refractivity contribution >= 4 is 17.3 Å². The maximum absolute atomic E-state index is 11.6. The molecule has 19 heavy (non-hydrogen) atoms. The molecule has 1 atom stereocenters. The van der Waals surface area contributed by atoms with Crippen molar-refractivity contribution < 1.29 is 9.90 Å². The summed E-state index contributed by atoms with van der Waals surface area (Å²) in [5, 5.41) is 15.5. The molecule has 2 N–H and O–H groups in total. The quantitative estimate of drug-likeness (QED) is 0.881. The molecule has 0 aliphatic carbocycles. The van der Waals surface area contributed by atoms with Gasteiger partial charge in [-0.1, -0.05) is 30.3 Å². The number of aromatic nitrogens is 1. The van der Waals surface area contributed by atoms with E-state index in [-0.39, 0.29) is 0 Å². The molecule has 5 heteroatoms. The molecule has 2 aromatic rings. The first-order valence-electron chi connectivity index (χ1n) is 5.97. The molecule has 0 aliphatic rings. The lowest BCUT2D eigenvalue weighted by Crippen LogP contribution is -2.46. The summed E-state index contributed by atoms with van der Waals surface area (Å²) in [6.07, 6.45) is 0. The Kier molecular flexibility index (Phi) is 3.97. The van der Waals surface area contributed by atoms with E-state index in [4.69, 9.17) is 0 Å². The zero-order valence-corrected chi connectivity index (χ0v) is 11.7. The zero-order valence-electron chi connectivity index (χ0n) is 10.9. The van der Waals surface area contributed by atoms with Crippen molar-refractivity contribution in [3.05, 3.63) is 52.0 Å². The summed E-state index contributed by atoms with van der Waals surface area (Å²) in [6.45, 7) is 4.04. The Bertz CT molecular complexity index is 568. The highest BCUT2D eigenvalue weighted by atomic mass is 32.1. The van der Waals surface area contributed by atoms with Crippen LogP contribution in [0.15, 0.2) is 35.7 Å². The molecule has 0 saturated heterocycles. The largest absolute Gasteiger partial charge is 0.480 e. The Morgan fingerprint density at radius 1 is 1.42 bits per heavy atom. The first kappa shape index (κ1) is 13.7. The third kappa shape index (κ3) is 3.00. The van der Waals surface area contributed by atoms with Crippen LogP contribution in [-0.4, -0.2) is 16.1 Å². The van der Waals surface area contributed by atoms with Gasteiger partial charge in [0, 0.05) is 11.9 Å². The fourth-order valence-electron chi connectivity index (χ4n) is 1.83. The van der Waals surface area contributed by atoms with Crippen LogP contribution in [-0.2, 0) is 16.9 Å². The number of hydrogen-bond acceptors (Lipinski definition) is 4. The molecule has 1 aromatic heterocycles. The maximum Gasteiger partial charge on any atom is 0.328 e. The molecule has 0 spiro atoms. The predicted molar refractivity (Wildman–Crippen MR) is 75.1 cm³/mol. The second-order valence-electron chi connectivity index (χ2n) is 4.51. The first-order chi connectivity index (χ1) is 9.02. The van der Waals surface area contributed by atoms with Crippen LogP contribution in [0.2, 0.25) is 0 Å². The van der Waals surface area contributed by atoms with Crippen molar-refractivity contribution in [2.24, 2.45) is 0 Å². The molecule has 0 amide bonds. The van der Waals surface area contributed by atoms with Crippen molar-refractivity contribution in [1.29, 1.82) is 0 Å². The molecule has 0 bridgehead atoms. The van der Waals surface area contributed by atoms with E-state index < -0.39 is 11.5 Å². The molecular weight excluding hydrogens is 260 g/mol. The molecule has 0 aliphatic heterocycles. The lowest BCUT2D eigenvalue weighted by atomic mass is 9.92. The Morgan fingerprint density at radius 3 is 2.63 bits per heavy atom. The number of thiazole rings is 1. The van der Waals surface area contributed by atoms with E-state index in [1.54, 1.807) is 18.3 Å². The van der Waals surface area contributed by atoms with Crippen LogP contribution in [0.5, 0.6) is 0 Å². The summed E-state index contributed by atoms with van der Waals surface area (Å²) in [5.74, 6) is -0.898. The van der Waals surface area contributed by atoms with Crippen LogP contribution in [0.25, 0.3) is 0 Å². The molecule has 1 heterocycles. The van der Waals surface area contributed by atoms with Gasteiger partial charge in [0.25, 0.3) is 0 Å². The average Bonchev–Trinajstić information content (AvgIpc) is 2.82. The van der Waals surface area contributed by atoms with E-state index in [0.717, 1.165) is 16.3 Å². The topological polar surface area (TPSA) is 62.2 Å². The number of aliphatic carboxylic acids is 1. The summed E-state index contributed by atoms with van der Waals surface area (Å²) in [4.78, 5) is 15.9. The van der Waals surface area contributed by atoms with E-state index in [1.807, 2.05) is 42.6 Å². The molecule has 0 radical (unpaired) electrons. The van der Waals surface area contributed by atoms with Crippen LogP contribution in [0.4, 0.5) is 0 Å². The van der Waals surface area contributed by atoms with E-state index in [2.05, 4.69) is 10.3 Å². The standard InChI is InChI=1S/C14H16N2O2S/c1-10-16-12(9-19-10)8-15-14(2,13(17)18)11-6-4-3-5-7-11/h3-7,9,15H,8H2,1-2H3,(H,17,18). The zero-order chi connectivity index (χ0) is 13.9. The van der Waals surface area contributed by atoms with Crippen molar-refractivity contribution in [3.8, 4) is 0 Å². The predicted octanol–water partition coefficient (Wildman–Crippen LogP) is 2.54. The van der Waals surface area contributed by atoms with Crippen molar-refractivity contribution in [3.63, 3.8) is 0 Å². The second-order valence-corrected chi connectivity index (χ2v) is 5.57. The fourth-order valence-corrected chi connectivity index (χ4v) is 2.44. The van der Waals surface area contributed by atoms with Gasteiger partial charge < -0.3 is 5.11 Å². The van der Waals surface area contributed by atoms with E-state index in [9.17, 15) is 9.90 Å². The van der Waals surface area contributed by atoms with Crippen LogP contribution < -0.4 is 5.32 Å². The minimum absolute atomic E-state index is 0.433. The minimum Gasteiger partial charge on any atom is -0.480 e. The SMILES string of the molecule is Cc1nc(CNC(C)(C(=O)O)c2ccccc2)cs1. The Hall–Kier alpha value is -1.72. The monoisotopic (exact) mass is 276 g/mol. The molecule has 1 unspecified atom stereocenters. The van der Waals surface area contributed by atoms with Crippen molar-refractivity contribution in [2.75, 3.05) is 0 Å². The summed E-state index contributed by atoms with van der Waals surface area (Å²) in [6, 6.07) is 9.17. The smallest absolute Gasteiger partial charge is 0.328 e. The van der Waals surface area contributed by atoms with Crippen LogP contribution in [0.3, 0.4) is 0 Å². The van der Waals surface area contributed by atoms with Gasteiger partial charge in [0.1, 0.15) is 5.54 Å². The highest BCUT2D eigenvalue weighted by Gasteiger charge is 2.34. The van der Waals surface area contributed by atoms with Gasteiger partial charge in [-0.2, -0.15) is 0 Å². The number of nitrogens with zero attached hydrogens (tertiary/aromatic N) is 1. The van der Waals surface area contributed by atoms with Crippen LogP contribution >= 0.6 is 11.3 Å². The molecule has 0 fully saturated rings. The van der Waals surface area contributed by atoms with Crippen molar-refractivity contribution in [1.82, 2.24) is 10.3 Å². The minimum atomic E-state index is -1.11. The number of carbonyl (C=O) groups is 1. The fraction of sp³-hybridized carbons (Fsp3) is 0.286. The van der Waals surface area contributed by atoms with Gasteiger partial charge in [-0.05, 0) is 19.4 Å². The summed E-state index contributed by atoms with van der Waals surface area (Å²) < 4.78 is 0. The number of benzene rings is 1. The maximum atomic E-state index is 11.6. The van der Waals surface area contributed by atoms with Gasteiger partial charge in [-0.15, -0.1) is 11.3 Å². The Balaban J connectivity index is 2.19.